The molecule has 0 spiro atoms. The Labute approximate surface area is 103 Å². The van der Waals surface area contributed by atoms with Crippen molar-refractivity contribution in [1.29, 1.82) is 0 Å². The molecule has 3 nitrogen and oxygen atoms in total. The molecule has 0 atom stereocenters. The summed E-state index contributed by atoms with van der Waals surface area (Å²) in [6, 6.07) is 8.09. The minimum atomic E-state index is 0.614. The number of rotatable bonds is 0. The molecule has 0 fully saturated rings. The lowest BCUT2D eigenvalue weighted by atomic mass is 10.1. The van der Waals surface area contributed by atoms with Gasteiger partial charge < -0.3 is 4.74 Å². The average molecular weight is 234 g/mol. The van der Waals surface area contributed by atoms with Crippen LogP contribution in [0.2, 0.25) is 0 Å². The van der Waals surface area contributed by atoms with Crippen molar-refractivity contribution in [1.82, 2.24) is 9.97 Å². The summed E-state index contributed by atoms with van der Waals surface area (Å²) < 4.78 is 5.32. The van der Waals surface area contributed by atoms with Gasteiger partial charge in [0.2, 0.25) is 0 Å². The monoisotopic (exact) mass is 234 g/mol. The van der Waals surface area contributed by atoms with Crippen molar-refractivity contribution < 1.29 is 4.74 Å². The SMILES string of the molecule is C1=c2cnc3ccc4ncccc4c3c2=CCO1. The number of nitrogens with zero attached hydrogens (tertiary/aromatic N) is 2. The zero-order valence-corrected chi connectivity index (χ0v) is 9.63. The Kier molecular flexibility index (Phi) is 1.88. The van der Waals surface area contributed by atoms with Gasteiger partial charge in [0.05, 0.1) is 17.3 Å². The third-order valence-electron chi connectivity index (χ3n) is 3.28. The van der Waals surface area contributed by atoms with Gasteiger partial charge in [-0.2, -0.15) is 0 Å². The van der Waals surface area contributed by atoms with E-state index in [4.69, 9.17) is 4.74 Å². The number of hydrogen-bond donors (Lipinski definition) is 0. The van der Waals surface area contributed by atoms with Crippen LogP contribution in [-0.4, -0.2) is 16.6 Å². The van der Waals surface area contributed by atoms with Crippen LogP contribution in [0, 0.1) is 0 Å². The minimum Gasteiger partial charge on any atom is -0.496 e. The second kappa shape index (κ2) is 3.53. The van der Waals surface area contributed by atoms with Gasteiger partial charge in [-0.25, -0.2) is 0 Å². The van der Waals surface area contributed by atoms with Crippen molar-refractivity contribution in [3.05, 3.63) is 47.1 Å². The Morgan fingerprint density at radius 3 is 3.00 bits per heavy atom. The number of fused-ring (bicyclic) bond motifs is 5. The van der Waals surface area contributed by atoms with Crippen molar-refractivity contribution >= 4 is 34.1 Å². The zero-order chi connectivity index (χ0) is 11.9. The second-order valence-electron chi connectivity index (χ2n) is 4.31. The van der Waals surface area contributed by atoms with Crippen LogP contribution in [0.5, 0.6) is 0 Å². The number of benzene rings is 1. The molecule has 86 valence electrons. The molecule has 0 radical (unpaired) electrons. The van der Waals surface area contributed by atoms with Gasteiger partial charge in [-0.3, -0.25) is 9.97 Å². The van der Waals surface area contributed by atoms with E-state index in [1.807, 2.05) is 30.6 Å². The highest BCUT2D eigenvalue weighted by atomic mass is 16.5. The third-order valence-corrected chi connectivity index (χ3v) is 3.28. The Balaban J connectivity index is 2.38. The van der Waals surface area contributed by atoms with E-state index >= 15 is 0 Å². The predicted molar refractivity (Wildman–Crippen MR) is 71.2 cm³/mol. The first-order chi connectivity index (χ1) is 8.93. The van der Waals surface area contributed by atoms with Crippen LogP contribution in [0.15, 0.2) is 36.7 Å². The number of ether oxygens (including phenoxy) is 1. The highest BCUT2D eigenvalue weighted by Crippen LogP contribution is 2.18. The maximum absolute atomic E-state index is 5.32. The molecule has 0 saturated carbocycles. The molecule has 0 saturated heterocycles. The number of pyridine rings is 2. The van der Waals surface area contributed by atoms with Gasteiger partial charge in [0.25, 0.3) is 0 Å². The zero-order valence-electron chi connectivity index (χ0n) is 9.63. The summed E-state index contributed by atoms with van der Waals surface area (Å²) in [6.45, 7) is 0.614. The molecule has 4 rings (SSSR count). The molecule has 0 N–H and O–H groups in total. The molecule has 0 bridgehead atoms. The summed E-state index contributed by atoms with van der Waals surface area (Å²) in [5.41, 5.74) is 2.00. The topological polar surface area (TPSA) is 35.0 Å². The van der Waals surface area contributed by atoms with E-state index in [0.29, 0.717) is 6.61 Å². The van der Waals surface area contributed by atoms with E-state index in [-0.39, 0.29) is 0 Å². The van der Waals surface area contributed by atoms with E-state index < -0.39 is 0 Å². The van der Waals surface area contributed by atoms with Crippen LogP contribution in [0.25, 0.3) is 34.1 Å². The maximum Gasteiger partial charge on any atom is 0.106 e. The van der Waals surface area contributed by atoms with Gasteiger partial charge in [0.1, 0.15) is 6.61 Å². The lowest BCUT2D eigenvalue weighted by Crippen LogP contribution is -2.29. The van der Waals surface area contributed by atoms with Gasteiger partial charge in [-0.15, -0.1) is 0 Å². The Morgan fingerprint density at radius 2 is 2.00 bits per heavy atom. The first kappa shape index (κ1) is 9.59. The molecular weight excluding hydrogens is 224 g/mol. The van der Waals surface area contributed by atoms with Crippen LogP contribution >= 0.6 is 0 Å². The van der Waals surface area contributed by atoms with Gasteiger partial charge in [-0.1, -0.05) is 6.07 Å². The molecule has 3 heterocycles. The van der Waals surface area contributed by atoms with Gasteiger partial charge in [0.15, 0.2) is 0 Å². The maximum atomic E-state index is 5.32. The van der Waals surface area contributed by atoms with Gasteiger partial charge >= 0.3 is 0 Å². The summed E-state index contributed by atoms with van der Waals surface area (Å²) in [6.07, 6.45) is 7.55. The van der Waals surface area contributed by atoms with Crippen LogP contribution in [-0.2, 0) is 4.74 Å². The molecule has 0 aliphatic carbocycles. The number of aromatic nitrogens is 2. The Bertz CT molecular complexity index is 884. The standard InChI is InChI=1S/C15H10N2O/c1-2-12-13(16-6-1)3-4-14-15(12)11-5-7-18-9-10(11)8-17-14/h1-6,8-9H,7H2. The first-order valence-electron chi connectivity index (χ1n) is 5.88. The molecule has 3 aromatic rings. The Hall–Kier alpha value is -2.42. The second-order valence-corrected chi connectivity index (χ2v) is 4.31. The summed E-state index contributed by atoms with van der Waals surface area (Å²) in [5.74, 6) is 0. The van der Waals surface area contributed by atoms with Crippen LogP contribution in [0.1, 0.15) is 0 Å². The predicted octanol–water partition coefficient (Wildman–Crippen LogP) is 1.33. The van der Waals surface area contributed by atoms with Crippen molar-refractivity contribution in [3.63, 3.8) is 0 Å². The number of hydrogen-bond acceptors (Lipinski definition) is 3. The smallest absolute Gasteiger partial charge is 0.106 e. The van der Waals surface area contributed by atoms with Gasteiger partial charge in [-0.05, 0) is 29.5 Å². The van der Waals surface area contributed by atoms with E-state index in [2.05, 4.69) is 22.1 Å². The largest absolute Gasteiger partial charge is 0.496 e. The quantitative estimate of drug-likeness (QED) is 0.550. The van der Waals surface area contributed by atoms with Crippen LogP contribution < -0.4 is 10.4 Å². The molecule has 0 amide bonds. The van der Waals surface area contributed by atoms with Crippen molar-refractivity contribution in [2.75, 3.05) is 6.61 Å². The van der Waals surface area contributed by atoms with Crippen molar-refractivity contribution in [2.45, 2.75) is 0 Å². The lowest BCUT2D eigenvalue weighted by molar-refractivity contribution is 0.346. The Morgan fingerprint density at radius 1 is 1.06 bits per heavy atom. The van der Waals surface area contributed by atoms with E-state index in [0.717, 1.165) is 27.0 Å². The van der Waals surface area contributed by atoms with Crippen LogP contribution in [0.3, 0.4) is 0 Å². The fraction of sp³-hybridized carbons (Fsp3) is 0.0667. The summed E-state index contributed by atoms with van der Waals surface area (Å²) in [5, 5.41) is 4.54. The van der Waals surface area contributed by atoms with E-state index in [9.17, 15) is 0 Å². The van der Waals surface area contributed by atoms with E-state index in [1.165, 1.54) is 5.22 Å². The lowest BCUT2D eigenvalue weighted by Gasteiger charge is -2.07. The van der Waals surface area contributed by atoms with Crippen LogP contribution in [0.4, 0.5) is 0 Å². The summed E-state index contributed by atoms with van der Waals surface area (Å²) in [7, 11) is 0. The molecule has 1 aliphatic heterocycles. The minimum absolute atomic E-state index is 0.614. The molecule has 0 unspecified atom stereocenters. The fourth-order valence-electron chi connectivity index (χ4n) is 2.47. The highest BCUT2D eigenvalue weighted by molar-refractivity contribution is 6.05. The van der Waals surface area contributed by atoms with Gasteiger partial charge in [0, 0.05) is 28.4 Å². The van der Waals surface area contributed by atoms with E-state index in [1.54, 1.807) is 6.26 Å². The summed E-state index contributed by atoms with van der Waals surface area (Å²) in [4.78, 5) is 8.88. The van der Waals surface area contributed by atoms with Crippen molar-refractivity contribution in [2.24, 2.45) is 0 Å². The average Bonchev–Trinajstić information content (AvgIpc) is 2.46. The molecule has 18 heavy (non-hydrogen) atoms. The third kappa shape index (κ3) is 1.24. The normalized spacial score (nSPS) is 13.6. The fourth-order valence-corrected chi connectivity index (χ4v) is 2.47. The highest BCUT2D eigenvalue weighted by Gasteiger charge is 2.06. The first-order valence-corrected chi connectivity index (χ1v) is 5.88. The molecule has 1 aromatic carbocycles. The molecule has 2 aromatic heterocycles. The molecular formula is C15H10N2O. The molecule has 3 heteroatoms. The molecule has 1 aliphatic rings. The van der Waals surface area contributed by atoms with Crippen molar-refractivity contribution in [3.8, 4) is 0 Å². The summed E-state index contributed by atoms with van der Waals surface area (Å²) >= 11 is 0.